The van der Waals surface area contributed by atoms with Crippen LogP contribution in [0, 0.1) is 0 Å². The molecule has 0 atom stereocenters. The Balaban J connectivity index is 1.70. The monoisotopic (exact) mass is 336 g/mol. The zero-order valence-corrected chi connectivity index (χ0v) is 13.8. The van der Waals surface area contributed by atoms with Crippen molar-refractivity contribution in [2.75, 3.05) is 18.8 Å². The van der Waals surface area contributed by atoms with E-state index in [1.54, 1.807) is 18.2 Å². The summed E-state index contributed by atoms with van der Waals surface area (Å²) in [6.45, 7) is 2.02. The third-order valence-corrected chi connectivity index (χ3v) is 4.57. The molecular weight excluding hydrogens is 316 g/mol. The van der Waals surface area contributed by atoms with Gasteiger partial charge in [-0.2, -0.15) is 5.10 Å². The van der Waals surface area contributed by atoms with E-state index in [-0.39, 0.29) is 5.75 Å². The van der Waals surface area contributed by atoms with E-state index in [4.69, 9.17) is 10.8 Å². The molecule has 0 aliphatic carbocycles. The van der Waals surface area contributed by atoms with Gasteiger partial charge in [-0.1, -0.05) is 12.1 Å². The second-order valence-electron chi connectivity index (χ2n) is 6.21. The highest BCUT2D eigenvalue weighted by atomic mass is 16.3. The molecule has 4 N–H and O–H groups in total. The molecule has 0 saturated carbocycles. The Kier molecular flexibility index (Phi) is 4.07. The molecule has 1 saturated heterocycles. The first-order chi connectivity index (χ1) is 12.2. The molecule has 3 aromatic rings. The largest absolute Gasteiger partial charge is 0.507 e. The fourth-order valence-corrected chi connectivity index (χ4v) is 3.18. The highest BCUT2D eigenvalue weighted by molar-refractivity contribution is 5.77. The van der Waals surface area contributed by atoms with Gasteiger partial charge in [0.1, 0.15) is 5.75 Å². The first kappa shape index (κ1) is 15.6. The first-order valence-electron chi connectivity index (χ1n) is 8.40. The summed E-state index contributed by atoms with van der Waals surface area (Å²) >= 11 is 0. The Morgan fingerprint density at radius 3 is 2.64 bits per heavy atom. The maximum Gasteiger partial charge on any atom is 0.155 e. The van der Waals surface area contributed by atoms with Crippen LogP contribution >= 0.6 is 0 Å². The quantitative estimate of drug-likeness (QED) is 0.678. The van der Waals surface area contributed by atoms with Crippen molar-refractivity contribution in [3.05, 3.63) is 42.6 Å². The summed E-state index contributed by atoms with van der Waals surface area (Å²) in [6, 6.07) is 11.2. The van der Waals surface area contributed by atoms with Gasteiger partial charge in [-0.15, -0.1) is 10.2 Å². The third kappa shape index (κ3) is 3.06. The lowest BCUT2D eigenvalue weighted by Crippen LogP contribution is -2.29. The van der Waals surface area contributed by atoms with Gasteiger partial charge in [0.05, 0.1) is 17.4 Å². The van der Waals surface area contributed by atoms with Crippen molar-refractivity contribution in [1.29, 1.82) is 0 Å². The molecule has 128 valence electrons. The van der Waals surface area contributed by atoms with Crippen LogP contribution in [0.15, 0.2) is 42.6 Å². The van der Waals surface area contributed by atoms with E-state index >= 15 is 0 Å². The van der Waals surface area contributed by atoms with Crippen LogP contribution in [0.25, 0.3) is 22.5 Å². The maximum absolute atomic E-state index is 10.0. The molecule has 0 unspecified atom stereocenters. The van der Waals surface area contributed by atoms with Gasteiger partial charge in [0.25, 0.3) is 0 Å². The van der Waals surface area contributed by atoms with Gasteiger partial charge in [0, 0.05) is 17.3 Å². The normalized spacial score (nSPS) is 15.4. The summed E-state index contributed by atoms with van der Waals surface area (Å²) in [5.74, 6) is 0.488. The van der Waals surface area contributed by atoms with E-state index in [9.17, 15) is 5.11 Å². The number of para-hydroxylation sites is 1. The summed E-state index contributed by atoms with van der Waals surface area (Å²) in [7, 11) is 0. The molecule has 7 heteroatoms. The van der Waals surface area contributed by atoms with Crippen molar-refractivity contribution in [3.63, 3.8) is 0 Å². The van der Waals surface area contributed by atoms with Crippen molar-refractivity contribution in [2.45, 2.75) is 18.9 Å². The predicted molar refractivity (Wildman–Crippen MR) is 95.9 cm³/mol. The lowest BCUT2D eigenvalue weighted by Gasteiger charge is -2.22. The molecule has 1 aromatic carbocycles. The van der Waals surface area contributed by atoms with Crippen LogP contribution in [-0.2, 0) is 0 Å². The zero-order chi connectivity index (χ0) is 17.2. The Labute approximate surface area is 145 Å². The number of phenols is 1. The summed E-state index contributed by atoms with van der Waals surface area (Å²) in [4.78, 5) is 0. The molecule has 2 aromatic heterocycles. The van der Waals surface area contributed by atoms with E-state index in [0.29, 0.717) is 23.1 Å². The van der Waals surface area contributed by atoms with Crippen molar-refractivity contribution < 1.29 is 5.11 Å². The SMILES string of the molecule is Nc1nnc(-c2ccccc2O)cc1-c1ccn(C2CCNCC2)n1. The highest BCUT2D eigenvalue weighted by Gasteiger charge is 2.18. The minimum atomic E-state index is 0.160. The lowest BCUT2D eigenvalue weighted by molar-refractivity contribution is 0.343. The summed E-state index contributed by atoms with van der Waals surface area (Å²) in [6.07, 6.45) is 4.12. The first-order valence-corrected chi connectivity index (χ1v) is 8.40. The van der Waals surface area contributed by atoms with E-state index < -0.39 is 0 Å². The molecule has 4 rings (SSSR count). The van der Waals surface area contributed by atoms with E-state index in [0.717, 1.165) is 37.2 Å². The van der Waals surface area contributed by atoms with Gasteiger partial charge in [0.15, 0.2) is 5.82 Å². The molecule has 0 bridgehead atoms. The summed E-state index contributed by atoms with van der Waals surface area (Å²) < 4.78 is 2.01. The second-order valence-corrected chi connectivity index (χ2v) is 6.21. The smallest absolute Gasteiger partial charge is 0.155 e. The number of nitrogens with two attached hydrogens (primary N) is 1. The van der Waals surface area contributed by atoms with Gasteiger partial charge in [-0.3, -0.25) is 4.68 Å². The number of hydrogen-bond donors (Lipinski definition) is 3. The fourth-order valence-electron chi connectivity index (χ4n) is 3.18. The average Bonchev–Trinajstić information content (AvgIpc) is 3.13. The van der Waals surface area contributed by atoms with Gasteiger partial charge >= 0.3 is 0 Å². The molecular formula is C18H20N6O. The van der Waals surface area contributed by atoms with Gasteiger partial charge in [0.2, 0.25) is 0 Å². The molecule has 1 aliphatic heterocycles. The summed E-state index contributed by atoms with van der Waals surface area (Å²) in [5.41, 5.74) is 8.71. The van der Waals surface area contributed by atoms with Crippen LogP contribution in [0.4, 0.5) is 5.82 Å². The third-order valence-electron chi connectivity index (χ3n) is 4.57. The molecule has 7 nitrogen and oxygen atoms in total. The molecule has 0 radical (unpaired) electrons. The van der Waals surface area contributed by atoms with E-state index in [1.807, 2.05) is 29.1 Å². The number of anilines is 1. The number of phenolic OH excluding ortho intramolecular Hbond substituents is 1. The molecule has 3 heterocycles. The average molecular weight is 336 g/mol. The standard InChI is InChI=1S/C18H20N6O/c19-18-14(11-16(21-22-18)13-3-1-2-4-17(13)25)15-7-10-24(23-15)12-5-8-20-9-6-12/h1-4,7,10-12,20,25H,5-6,8-9H2,(H2,19,22). The zero-order valence-electron chi connectivity index (χ0n) is 13.8. The number of benzene rings is 1. The minimum Gasteiger partial charge on any atom is -0.507 e. The van der Waals surface area contributed by atoms with Gasteiger partial charge in [-0.05, 0) is 50.2 Å². The van der Waals surface area contributed by atoms with Crippen LogP contribution in [0.5, 0.6) is 5.75 Å². The molecule has 0 spiro atoms. The Morgan fingerprint density at radius 2 is 1.84 bits per heavy atom. The number of hydrogen-bond acceptors (Lipinski definition) is 6. The number of rotatable bonds is 3. The van der Waals surface area contributed by atoms with Crippen LogP contribution in [0.3, 0.4) is 0 Å². The van der Waals surface area contributed by atoms with Gasteiger partial charge < -0.3 is 16.2 Å². The summed E-state index contributed by atoms with van der Waals surface area (Å²) in [5, 5.41) is 26.3. The van der Waals surface area contributed by atoms with Crippen molar-refractivity contribution >= 4 is 5.82 Å². The topological polar surface area (TPSA) is 102 Å². The Morgan fingerprint density at radius 1 is 1.04 bits per heavy atom. The highest BCUT2D eigenvalue weighted by Crippen LogP contribution is 2.31. The second kappa shape index (κ2) is 6.52. The maximum atomic E-state index is 10.0. The number of aromatic nitrogens is 4. The van der Waals surface area contributed by atoms with E-state index in [2.05, 4.69) is 15.5 Å². The number of piperidine rings is 1. The van der Waals surface area contributed by atoms with Crippen LogP contribution < -0.4 is 11.1 Å². The van der Waals surface area contributed by atoms with Crippen LogP contribution in [0.1, 0.15) is 18.9 Å². The molecule has 1 fully saturated rings. The number of nitrogen functional groups attached to an aromatic ring is 1. The number of nitrogens with one attached hydrogen (secondary N) is 1. The number of nitrogens with zero attached hydrogens (tertiary/aromatic N) is 4. The van der Waals surface area contributed by atoms with Gasteiger partial charge in [-0.25, -0.2) is 0 Å². The van der Waals surface area contributed by atoms with Crippen LogP contribution in [0.2, 0.25) is 0 Å². The molecule has 25 heavy (non-hydrogen) atoms. The lowest BCUT2D eigenvalue weighted by atomic mass is 10.1. The molecule has 0 amide bonds. The predicted octanol–water partition coefficient (Wildman–Crippen LogP) is 2.22. The van der Waals surface area contributed by atoms with Crippen molar-refractivity contribution in [2.24, 2.45) is 0 Å². The minimum absolute atomic E-state index is 0.160. The van der Waals surface area contributed by atoms with Crippen LogP contribution in [-0.4, -0.2) is 38.2 Å². The van der Waals surface area contributed by atoms with E-state index in [1.165, 1.54) is 0 Å². The molecule has 1 aliphatic rings. The van der Waals surface area contributed by atoms with Crippen molar-refractivity contribution in [3.8, 4) is 28.3 Å². The number of aromatic hydroxyl groups is 1. The Hall–Kier alpha value is -2.93. The fraction of sp³-hybridized carbons (Fsp3) is 0.278. The van der Waals surface area contributed by atoms with Crippen molar-refractivity contribution in [1.82, 2.24) is 25.3 Å². The Bertz CT molecular complexity index is 885.